The molecular weight excluding hydrogens is 416 g/mol. The summed E-state index contributed by atoms with van der Waals surface area (Å²) in [6, 6.07) is 15.9. The highest BCUT2D eigenvalue weighted by atomic mass is 33.1. The van der Waals surface area contributed by atoms with Crippen LogP contribution in [-0.2, 0) is 28.6 Å². The largest absolute Gasteiger partial charge is 0.296 e. The Morgan fingerprint density at radius 1 is 0.615 bits per heavy atom. The Kier molecular flexibility index (Phi) is 8.45. The van der Waals surface area contributed by atoms with Gasteiger partial charge in [0.05, 0.1) is 23.0 Å². The molecule has 0 aliphatic rings. The lowest BCUT2D eigenvalue weighted by molar-refractivity contribution is 0.340. The average molecular weight is 435 g/mol. The Hall–Kier alpha value is -1.04. The molecule has 142 valence electrons. The van der Waals surface area contributed by atoms with Crippen LogP contribution in [0.1, 0.15) is 0 Å². The Bertz CT molecular complexity index is 792. The van der Waals surface area contributed by atoms with Crippen molar-refractivity contribution in [3.63, 3.8) is 0 Å². The van der Waals surface area contributed by atoms with Crippen molar-refractivity contribution in [3.8, 4) is 0 Å². The maximum atomic E-state index is 11.9. The van der Waals surface area contributed by atoms with Crippen molar-refractivity contribution >= 4 is 41.8 Å². The predicted molar refractivity (Wildman–Crippen MR) is 104 cm³/mol. The van der Waals surface area contributed by atoms with Crippen LogP contribution in [0.25, 0.3) is 0 Å². The third-order valence-electron chi connectivity index (χ3n) is 2.96. The van der Waals surface area contributed by atoms with Crippen LogP contribution in [0, 0.1) is 0 Å². The summed E-state index contributed by atoms with van der Waals surface area (Å²) in [6.07, 6.45) is 0. The summed E-state index contributed by atoms with van der Waals surface area (Å²) in [4.78, 5) is 0.245. The van der Waals surface area contributed by atoms with Gasteiger partial charge >= 0.3 is 0 Å². The molecule has 0 amide bonds. The molecule has 0 heterocycles. The van der Waals surface area contributed by atoms with E-state index in [1.807, 2.05) is 0 Å². The van der Waals surface area contributed by atoms with E-state index in [2.05, 4.69) is 0 Å². The molecule has 0 saturated carbocycles. The SMILES string of the molecule is O=S(=O)(OCCSSCCOS(=O)(=O)c1ccccc1)c1ccccc1. The molecule has 0 saturated heterocycles. The van der Waals surface area contributed by atoms with Gasteiger partial charge in [0.1, 0.15) is 0 Å². The fourth-order valence-electron chi connectivity index (χ4n) is 1.78. The molecule has 10 heteroatoms. The number of hydrogen-bond donors (Lipinski definition) is 0. The molecule has 0 aromatic heterocycles. The molecule has 0 aliphatic heterocycles. The van der Waals surface area contributed by atoms with Gasteiger partial charge in [0.25, 0.3) is 20.2 Å². The van der Waals surface area contributed by atoms with E-state index in [1.165, 1.54) is 45.9 Å². The molecule has 0 unspecified atom stereocenters. The van der Waals surface area contributed by atoms with Crippen LogP contribution < -0.4 is 0 Å². The zero-order chi connectivity index (χ0) is 18.9. The predicted octanol–water partition coefficient (Wildman–Crippen LogP) is 3.18. The third kappa shape index (κ3) is 6.93. The molecule has 2 rings (SSSR count). The summed E-state index contributed by atoms with van der Waals surface area (Å²) in [6.45, 7) is 0.0795. The number of hydrogen-bond acceptors (Lipinski definition) is 8. The van der Waals surface area contributed by atoms with Crippen LogP contribution >= 0.6 is 21.6 Å². The van der Waals surface area contributed by atoms with Crippen molar-refractivity contribution in [2.24, 2.45) is 0 Å². The normalized spacial score (nSPS) is 12.2. The molecule has 0 bridgehead atoms. The maximum absolute atomic E-state index is 11.9. The van der Waals surface area contributed by atoms with E-state index in [4.69, 9.17) is 8.37 Å². The molecule has 6 nitrogen and oxygen atoms in total. The van der Waals surface area contributed by atoms with Gasteiger partial charge in [-0.3, -0.25) is 8.37 Å². The quantitative estimate of drug-likeness (QED) is 0.303. The van der Waals surface area contributed by atoms with Crippen molar-refractivity contribution < 1.29 is 25.2 Å². The van der Waals surface area contributed by atoms with Gasteiger partial charge in [-0.25, -0.2) is 0 Å². The van der Waals surface area contributed by atoms with E-state index in [0.29, 0.717) is 11.5 Å². The second kappa shape index (κ2) is 10.3. The highest BCUT2D eigenvalue weighted by Crippen LogP contribution is 2.22. The van der Waals surface area contributed by atoms with Gasteiger partial charge in [0.15, 0.2) is 0 Å². The van der Waals surface area contributed by atoms with Crippen LogP contribution in [0.2, 0.25) is 0 Å². The molecule has 0 fully saturated rings. The lowest BCUT2D eigenvalue weighted by Crippen LogP contribution is -2.09. The molecule has 0 atom stereocenters. The molecule has 2 aromatic carbocycles. The number of rotatable bonds is 11. The standard InChI is InChI=1S/C16H18O6S4/c17-25(18,15-7-3-1-4-8-15)21-11-13-23-24-14-12-22-26(19,20)16-9-5-2-6-10-16/h1-10H,11-14H2. The maximum Gasteiger partial charge on any atom is 0.296 e. The van der Waals surface area contributed by atoms with Gasteiger partial charge in [-0.15, -0.1) is 0 Å². The summed E-state index contributed by atoms with van der Waals surface area (Å²) in [5.74, 6) is 0.893. The van der Waals surface area contributed by atoms with Crippen LogP contribution in [0.3, 0.4) is 0 Å². The summed E-state index contributed by atoms with van der Waals surface area (Å²) in [5.41, 5.74) is 0. The third-order valence-corrected chi connectivity index (χ3v) is 7.94. The first-order chi connectivity index (χ1) is 12.4. The fraction of sp³-hybridized carbons (Fsp3) is 0.250. The van der Waals surface area contributed by atoms with E-state index >= 15 is 0 Å². The van der Waals surface area contributed by atoms with E-state index in [1.54, 1.807) is 36.4 Å². The molecule has 26 heavy (non-hydrogen) atoms. The van der Waals surface area contributed by atoms with E-state index in [0.717, 1.165) is 0 Å². The first kappa shape index (κ1) is 21.3. The lowest BCUT2D eigenvalue weighted by atomic mass is 10.4. The van der Waals surface area contributed by atoms with Crippen molar-refractivity contribution in [2.75, 3.05) is 24.7 Å². The van der Waals surface area contributed by atoms with Gasteiger partial charge in [-0.1, -0.05) is 58.0 Å². The molecule has 0 aliphatic carbocycles. The van der Waals surface area contributed by atoms with Crippen LogP contribution in [-0.4, -0.2) is 41.6 Å². The number of benzene rings is 2. The monoisotopic (exact) mass is 434 g/mol. The Balaban J connectivity index is 1.60. The van der Waals surface area contributed by atoms with E-state index < -0.39 is 20.2 Å². The molecule has 0 radical (unpaired) electrons. The smallest absolute Gasteiger partial charge is 0.265 e. The minimum atomic E-state index is -3.73. The minimum absolute atomic E-state index is 0.0397. The minimum Gasteiger partial charge on any atom is -0.265 e. The average Bonchev–Trinajstić information content (AvgIpc) is 2.65. The van der Waals surface area contributed by atoms with Gasteiger partial charge in [0.2, 0.25) is 0 Å². The molecule has 0 spiro atoms. The van der Waals surface area contributed by atoms with Crippen LogP contribution in [0.5, 0.6) is 0 Å². The van der Waals surface area contributed by atoms with E-state index in [9.17, 15) is 16.8 Å². The Morgan fingerprint density at radius 2 is 0.962 bits per heavy atom. The Morgan fingerprint density at radius 3 is 1.31 bits per heavy atom. The lowest BCUT2D eigenvalue weighted by Gasteiger charge is -2.06. The van der Waals surface area contributed by atoms with Gasteiger partial charge < -0.3 is 0 Å². The van der Waals surface area contributed by atoms with Crippen LogP contribution in [0.15, 0.2) is 70.5 Å². The van der Waals surface area contributed by atoms with Gasteiger partial charge in [-0.2, -0.15) is 16.8 Å². The van der Waals surface area contributed by atoms with Crippen molar-refractivity contribution in [3.05, 3.63) is 60.7 Å². The van der Waals surface area contributed by atoms with Crippen molar-refractivity contribution in [1.29, 1.82) is 0 Å². The summed E-state index contributed by atoms with van der Waals surface area (Å²) < 4.78 is 57.4. The van der Waals surface area contributed by atoms with Gasteiger partial charge in [-0.05, 0) is 24.3 Å². The molecule has 2 aromatic rings. The summed E-state index contributed by atoms with van der Waals surface area (Å²) in [7, 11) is -4.69. The second-order valence-electron chi connectivity index (χ2n) is 4.82. The molecular formula is C16H18O6S4. The highest BCUT2D eigenvalue weighted by molar-refractivity contribution is 8.76. The van der Waals surface area contributed by atoms with Crippen molar-refractivity contribution in [1.82, 2.24) is 0 Å². The van der Waals surface area contributed by atoms with Crippen LogP contribution in [0.4, 0.5) is 0 Å². The molecule has 0 N–H and O–H groups in total. The first-order valence-corrected chi connectivity index (χ1v) is 12.9. The second-order valence-corrected chi connectivity index (χ2v) is 10.8. The van der Waals surface area contributed by atoms with Crippen molar-refractivity contribution in [2.45, 2.75) is 9.79 Å². The zero-order valence-electron chi connectivity index (χ0n) is 13.7. The highest BCUT2D eigenvalue weighted by Gasteiger charge is 2.15. The zero-order valence-corrected chi connectivity index (χ0v) is 17.0. The summed E-state index contributed by atoms with van der Waals surface area (Å²) in [5, 5.41) is 0. The fourth-order valence-corrected chi connectivity index (χ4v) is 5.51. The Labute approximate surface area is 161 Å². The topological polar surface area (TPSA) is 86.7 Å². The van der Waals surface area contributed by atoms with E-state index in [-0.39, 0.29) is 23.0 Å². The van der Waals surface area contributed by atoms with Gasteiger partial charge in [0, 0.05) is 11.5 Å². The summed E-state index contributed by atoms with van der Waals surface area (Å²) >= 11 is 0. The first-order valence-electron chi connectivity index (χ1n) is 7.55.